The smallest absolute Gasteiger partial charge is 0.163 e. The van der Waals surface area contributed by atoms with Gasteiger partial charge in [-0.25, -0.2) is 0 Å². The molecule has 0 aliphatic rings. The highest BCUT2D eigenvalue weighted by Gasteiger charge is 2.09. The topological polar surface area (TPSA) is 65.8 Å². The summed E-state index contributed by atoms with van der Waals surface area (Å²) in [6.45, 7) is 2.03. The molecule has 0 saturated carbocycles. The maximum Gasteiger partial charge on any atom is 0.163 e. The van der Waals surface area contributed by atoms with Crippen LogP contribution >= 0.6 is 0 Å². The molecule has 0 spiro atoms. The van der Waals surface area contributed by atoms with Gasteiger partial charge in [0.25, 0.3) is 0 Å². The van der Waals surface area contributed by atoms with Crippen molar-refractivity contribution < 1.29 is 4.79 Å². The third kappa shape index (κ3) is 3.46. The summed E-state index contributed by atoms with van der Waals surface area (Å²) in [5, 5.41) is 3.55. The zero-order valence-electron chi connectivity index (χ0n) is 11.3. The second-order valence-electron chi connectivity index (χ2n) is 4.62. The van der Waals surface area contributed by atoms with Crippen LogP contribution < -0.4 is 0 Å². The number of benzene rings is 2. The van der Waals surface area contributed by atoms with Crippen LogP contribution in [0.15, 0.2) is 53.6 Å². The number of rotatable bonds is 5. The van der Waals surface area contributed by atoms with Crippen LogP contribution in [-0.4, -0.2) is 5.78 Å². The zero-order valence-corrected chi connectivity index (χ0v) is 11.3. The summed E-state index contributed by atoms with van der Waals surface area (Å²) >= 11 is 0. The molecule has 0 amide bonds. The Hall–Kier alpha value is -2.58. The molecule has 2 aromatic carbocycles. The van der Waals surface area contributed by atoms with Crippen LogP contribution in [0.2, 0.25) is 0 Å². The van der Waals surface area contributed by atoms with Crippen molar-refractivity contribution in [1.82, 2.24) is 0 Å². The van der Waals surface area contributed by atoms with Gasteiger partial charge >= 0.3 is 0 Å². The normalized spacial score (nSPS) is 9.85. The van der Waals surface area contributed by atoms with Crippen molar-refractivity contribution in [3.05, 3.63) is 75.7 Å². The maximum absolute atomic E-state index is 12.2. The SMILES string of the molecule is Cc1ccc(CCC(=O)c2ccccc2N=[N+]=[N-])cc1. The Balaban J connectivity index is 2.09. The van der Waals surface area contributed by atoms with E-state index >= 15 is 0 Å². The molecule has 2 aromatic rings. The van der Waals surface area contributed by atoms with Gasteiger partial charge in [0.15, 0.2) is 5.78 Å². The number of azide groups is 1. The molecule has 0 unspecified atom stereocenters. The monoisotopic (exact) mass is 265 g/mol. The van der Waals surface area contributed by atoms with Crippen LogP contribution in [0.5, 0.6) is 0 Å². The lowest BCUT2D eigenvalue weighted by atomic mass is 10.0. The number of aryl methyl sites for hydroxylation is 2. The van der Waals surface area contributed by atoms with E-state index in [0.717, 1.165) is 5.56 Å². The van der Waals surface area contributed by atoms with Crippen molar-refractivity contribution in [1.29, 1.82) is 0 Å². The number of hydrogen-bond acceptors (Lipinski definition) is 2. The van der Waals surface area contributed by atoms with Gasteiger partial charge in [0, 0.05) is 22.6 Å². The van der Waals surface area contributed by atoms with Crippen LogP contribution in [0.25, 0.3) is 10.4 Å². The number of carbonyl (C=O) groups is 1. The van der Waals surface area contributed by atoms with E-state index in [9.17, 15) is 4.79 Å². The highest BCUT2D eigenvalue weighted by atomic mass is 16.1. The van der Waals surface area contributed by atoms with Crippen LogP contribution in [0.1, 0.15) is 27.9 Å². The quantitative estimate of drug-likeness (QED) is 0.333. The van der Waals surface area contributed by atoms with E-state index in [0.29, 0.717) is 24.1 Å². The number of nitrogens with zero attached hydrogens (tertiary/aromatic N) is 3. The lowest BCUT2D eigenvalue weighted by Gasteiger charge is -2.05. The van der Waals surface area contributed by atoms with Crippen molar-refractivity contribution in [3.8, 4) is 0 Å². The third-order valence-electron chi connectivity index (χ3n) is 3.12. The Morgan fingerprint density at radius 1 is 1.15 bits per heavy atom. The Kier molecular flexibility index (Phi) is 4.53. The van der Waals surface area contributed by atoms with Crippen LogP contribution in [0.4, 0.5) is 5.69 Å². The fraction of sp³-hybridized carbons (Fsp3) is 0.188. The summed E-state index contributed by atoms with van der Waals surface area (Å²) < 4.78 is 0. The first-order valence-corrected chi connectivity index (χ1v) is 6.43. The molecule has 20 heavy (non-hydrogen) atoms. The van der Waals surface area contributed by atoms with Gasteiger partial charge in [-0.05, 0) is 24.4 Å². The molecule has 2 rings (SSSR count). The van der Waals surface area contributed by atoms with Crippen molar-refractivity contribution in [2.24, 2.45) is 5.11 Å². The standard InChI is InChI=1S/C16H15N3O/c1-12-6-8-13(9-7-12)10-11-16(20)14-4-2-3-5-15(14)18-19-17/h2-9H,10-11H2,1H3. The molecule has 0 heterocycles. The summed E-state index contributed by atoms with van der Waals surface area (Å²) in [5.41, 5.74) is 11.7. The lowest BCUT2D eigenvalue weighted by Crippen LogP contribution is -2.01. The first kappa shape index (κ1) is 13.8. The lowest BCUT2D eigenvalue weighted by molar-refractivity contribution is 0.0983. The first-order chi connectivity index (χ1) is 9.70. The molecule has 0 N–H and O–H groups in total. The van der Waals surface area contributed by atoms with Gasteiger partial charge in [-0.3, -0.25) is 4.79 Å². The second-order valence-corrected chi connectivity index (χ2v) is 4.62. The Morgan fingerprint density at radius 3 is 2.55 bits per heavy atom. The number of Topliss-reactive ketones (excluding diaryl/α,β-unsaturated/α-hetero) is 1. The molecule has 0 aromatic heterocycles. The second kappa shape index (κ2) is 6.55. The van der Waals surface area contributed by atoms with E-state index in [1.54, 1.807) is 24.3 Å². The maximum atomic E-state index is 12.2. The summed E-state index contributed by atoms with van der Waals surface area (Å²) in [6.07, 6.45) is 1.09. The molecular weight excluding hydrogens is 250 g/mol. The van der Waals surface area contributed by atoms with Crippen LogP contribution in [0.3, 0.4) is 0 Å². The van der Waals surface area contributed by atoms with E-state index in [2.05, 4.69) is 10.0 Å². The predicted octanol–water partition coefficient (Wildman–Crippen LogP) is 4.75. The first-order valence-electron chi connectivity index (χ1n) is 6.43. The van der Waals surface area contributed by atoms with Gasteiger partial charge in [0.1, 0.15) is 0 Å². The number of hydrogen-bond donors (Lipinski definition) is 0. The minimum Gasteiger partial charge on any atom is -0.294 e. The highest BCUT2D eigenvalue weighted by molar-refractivity contribution is 6.00. The summed E-state index contributed by atoms with van der Waals surface area (Å²) in [4.78, 5) is 14.9. The Morgan fingerprint density at radius 2 is 1.85 bits per heavy atom. The zero-order chi connectivity index (χ0) is 14.4. The fourth-order valence-electron chi connectivity index (χ4n) is 1.99. The summed E-state index contributed by atoms with van der Waals surface area (Å²) in [5.74, 6) is -0.00595. The minimum atomic E-state index is -0.00595. The summed E-state index contributed by atoms with van der Waals surface area (Å²) in [7, 11) is 0. The van der Waals surface area contributed by atoms with E-state index < -0.39 is 0 Å². The fourth-order valence-corrected chi connectivity index (χ4v) is 1.99. The third-order valence-corrected chi connectivity index (χ3v) is 3.12. The van der Waals surface area contributed by atoms with Gasteiger partial charge in [0.05, 0.1) is 0 Å². The van der Waals surface area contributed by atoms with E-state index in [1.807, 2.05) is 31.2 Å². The van der Waals surface area contributed by atoms with Crippen molar-refractivity contribution in [3.63, 3.8) is 0 Å². The largest absolute Gasteiger partial charge is 0.294 e. The molecule has 4 nitrogen and oxygen atoms in total. The average Bonchev–Trinajstić information content (AvgIpc) is 2.47. The molecule has 0 saturated heterocycles. The van der Waals surface area contributed by atoms with Crippen LogP contribution in [-0.2, 0) is 6.42 Å². The molecular formula is C16H15N3O. The molecule has 100 valence electrons. The van der Waals surface area contributed by atoms with Crippen LogP contribution in [0, 0.1) is 6.92 Å². The van der Waals surface area contributed by atoms with E-state index in [4.69, 9.17) is 5.53 Å². The van der Waals surface area contributed by atoms with E-state index in [1.165, 1.54) is 5.56 Å². The average molecular weight is 265 g/mol. The van der Waals surface area contributed by atoms with Gasteiger partial charge in [-0.1, -0.05) is 59.2 Å². The summed E-state index contributed by atoms with van der Waals surface area (Å²) in [6, 6.07) is 15.0. The Labute approximate surface area is 117 Å². The molecule has 0 radical (unpaired) electrons. The molecule has 0 aliphatic carbocycles. The van der Waals surface area contributed by atoms with Gasteiger partial charge < -0.3 is 0 Å². The molecule has 0 fully saturated rings. The molecule has 0 atom stereocenters. The molecule has 4 heteroatoms. The molecule has 0 bridgehead atoms. The number of carbonyl (C=O) groups excluding carboxylic acids is 1. The minimum absolute atomic E-state index is 0.00595. The molecule has 0 aliphatic heterocycles. The predicted molar refractivity (Wildman–Crippen MR) is 79.1 cm³/mol. The highest BCUT2D eigenvalue weighted by Crippen LogP contribution is 2.21. The van der Waals surface area contributed by atoms with Gasteiger partial charge in [0.2, 0.25) is 0 Å². The van der Waals surface area contributed by atoms with Gasteiger partial charge in [-0.2, -0.15) is 0 Å². The van der Waals surface area contributed by atoms with Crippen molar-refractivity contribution >= 4 is 11.5 Å². The van der Waals surface area contributed by atoms with Gasteiger partial charge in [-0.15, -0.1) is 0 Å². The number of ketones is 1. The van der Waals surface area contributed by atoms with E-state index in [-0.39, 0.29) is 5.78 Å². The van der Waals surface area contributed by atoms with Crippen molar-refractivity contribution in [2.45, 2.75) is 19.8 Å². The van der Waals surface area contributed by atoms with Crippen molar-refractivity contribution in [2.75, 3.05) is 0 Å². The Bertz CT molecular complexity index is 656.